The summed E-state index contributed by atoms with van der Waals surface area (Å²) >= 11 is 1.84. The summed E-state index contributed by atoms with van der Waals surface area (Å²) in [5, 5.41) is 12.0. The zero-order chi connectivity index (χ0) is 13.7. The molecule has 0 saturated heterocycles. The molecule has 1 fully saturated rings. The molecule has 3 heteroatoms. The maximum absolute atomic E-state index is 9.80. The van der Waals surface area contributed by atoms with Crippen LogP contribution in [0.5, 0.6) is 0 Å². The van der Waals surface area contributed by atoms with E-state index in [-0.39, 0.29) is 5.41 Å². The van der Waals surface area contributed by atoms with Gasteiger partial charge in [-0.05, 0) is 43.7 Å². The Hall–Kier alpha value is -0.380. The minimum atomic E-state index is 0.163. The number of hydrogen-bond acceptors (Lipinski definition) is 3. The van der Waals surface area contributed by atoms with E-state index in [2.05, 4.69) is 36.4 Å². The predicted octanol–water partition coefficient (Wildman–Crippen LogP) is 3.41. The van der Waals surface area contributed by atoms with Crippen LogP contribution in [-0.2, 0) is 6.42 Å². The Morgan fingerprint density at radius 2 is 2.16 bits per heavy atom. The van der Waals surface area contributed by atoms with Gasteiger partial charge < -0.3 is 10.0 Å². The van der Waals surface area contributed by atoms with Crippen molar-refractivity contribution in [2.45, 2.75) is 39.0 Å². The Labute approximate surface area is 121 Å². The molecule has 2 nitrogen and oxygen atoms in total. The lowest BCUT2D eigenvalue weighted by Gasteiger charge is -2.40. The van der Waals surface area contributed by atoms with Crippen molar-refractivity contribution in [2.75, 3.05) is 26.7 Å². The molecule has 2 rings (SSSR count). The van der Waals surface area contributed by atoms with E-state index in [9.17, 15) is 5.11 Å². The minimum Gasteiger partial charge on any atom is -0.396 e. The smallest absolute Gasteiger partial charge is 0.0499 e. The molecule has 19 heavy (non-hydrogen) atoms. The molecule has 0 aliphatic heterocycles. The molecule has 1 aliphatic rings. The number of hydrogen-bond donors (Lipinski definition) is 1. The van der Waals surface area contributed by atoms with Gasteiger partial charge in [-0.25, -0.2) is 0 Å². The highest BCUT2D eigenvalue weighted by Crippen LogP contribution is 2.39. The third-order valence-electron chi connectivity index (χ3n) is 4.60. The van der Waals surface area contributed by atoms with Crippen molar-refractivity contribution in [2.24, 2.45) is 11.3 Å². The van der Waals surface area contributed by atoms with Gasteiger partial charge >= 0.3 is 0 Å². The van der Waals surface area contributed by atoms with Gasteiger partial charge in [0.05, 0.1) is 0 Å². The van der Waals surface area contributed by atoms with Crippen LogP contribution in [0.15, 0.2) is 17.5 Å². The minimum absolute atomic E-state index is 0.163. The second kappa shape index (κ2) is 6.87. The molecule has 0 radical (unpaired) electrons. The van der Waals surface area contributed by atoms with Gasteiger partial charge in [0.25, 0.3) is 0 Å². The first-order valence-corrected chi connectivity index (χ1v) is 8.33. The predicted molar refractivity (Wildman–Crippen MR) is 82.7 cm³/mol. The largest absolute Gasteiger partial charge is 0.396 e. The Bertz CT molecular complexity index is 355. The van der Waals surface area contributed by atoms with Crippen LogP contribution in [0.3, 0.4) is 0 Å². The molecule has 0 amide bonds. The Morgan fingerprint density at radius 1 is 1.42 bits per heavy atom. The van der Waals surface area contributed by atoms with E-state index in [0.717, 1.165) is 25.4 Å². The van der Waals surface area contributed by atoms with Crippen LogP contribution in [0.1, 0.15) is 37.5 Å². The highest BCUT2D eigenvalue weighted by atomic mass is 32.1. The van der Waals surface area contributed by atoms with E-state index in [4.69, 9.17) is 0 Å². The fraction of sp³-hybridized carbons (Fsp3) is 0.750. The molecule has 1 heterocycles. The number of nitrogens with zero attached hydrogens (tertiary/aromatic N) is 1. The Kier molecular flexibility index (Phi) is 5.43. The van der Waals surface area contributed by atoms with E-state index in [1.165, 1.54) is 30.6 Å². The van der Waals surface area contributed by atoms with Crippen molar-refractivity contribution in [3.05, 3.63) is 22.4 Å². The lowest BCUT2D eigenvalue weighted by molar-refractivity contribution is 0.0369. The zero-order valence-corrected chi connectivity index (χ0v) is 13.1. The molecule has 1 aromatic rings. The van der Waals surface area contributed by atoms with Gasteiger partial charge in [0.15, 0.2) is 0 Å². The van der Waals surface area contributed by atoms with Crippen molar-refractivity contribution < 1.29 is 5.11 Å². The van der Waals surface area contributed by atoms with Crippen LogP contribution >= 0.6 is 11.3 Å². The van der Waals surface area contributed by atoms with E-state index in [0.29, 0.717) is 6.61 Å². The number of thiophene rings is 1. The lowest BCUT2D eigenvalue weighted by Crippen LogP contribution is -2.41. The topological polar surface area (TPSA) is 23.5 Å². The van der Waals surface area contributed by atoms with Crippen molar-refractivity contribution in [1.29, 1.82) is 0 Å². The number of aliphatic hydroxyl groups excluding tert-OH is 1. The van der Waals surface area contributed by atoms with Gasteiger partial charge in [-0.1, -0.05) is 25.8 Å². The molecule has 1 aromatic heterocycles. The molecule has 1 N–H and O–H groups in total. The molecule has 108 valence electrons. The maximum atomic E-state index is 9.80. The van der Waals surface area contributed by atoms with Gasteiger partial charge in [-0.2, -0.15) is 0 Å². The second-order valence-corrected chi connectivity index (χ2v) is 7.44. The third kappa shape index (κ3) is 4.30. The summed E-state index contributed by atoms with van der Waals surface area (Å²) in [6.07, 6.45) is 6.06. The summed E-state index contributed by atoms with van der Waals surface area (Å²) in [5.41, 5.74) is 0.163. The molecule has 0 spiro atoms. The van der Waals surface area contributed by atoms with Crippen LogP contribution in [0.25, 0.3) is 0 Å². The van der Waals surface area contributed by atoms with Crippen LogP contribution < -0.4 is 0 Å². The highest BCUT2D eigenvalue weighted by Gasteiger charge is 2.34. The zero-order valence-electron chi connectivity index (χ0n) is 12.3. The molecule has 1 aliphatic carbocycles. The number of likely N-dealkylation sites (N-methyl/N-ethyl adjacent to an activating group) is 1. The molecule has 0 bridgehead atoms. The summed E-state index contributed by atoms with van der Waals surface area (Å²) in [5.74, 6) is 0.844. The standard InChI is InChI=1S/C16H27NOS/c1-14-5-8-16(13-18,9-6-14)12-17(2)10-7-15-4-3-11-19-15/h3-4,11,14,18H,5-10,12-13H2,1-2H3. The van der Waals surface area contributed by atoms with E-state index >= 15 is 0 Å². The fourth-order valence-corrected chi connectivity index (χ4v) is 3.85. The lowest BCUT2D eigenvalue weighted by atomic mass is 9.71. The number of aliphatic hydroxyl groups is 1. The Morgan fingerprint density at radius 3 is 2.74 bits per heavy atom. The highest BCUT2D eigenvalue weighted by molar-refractivity contribution is 7.09. The molecule has 0 atom stereocenters. The van der Waals surface area contributed by atoms with Crippen LogP contribution in [0.4, 0.5) is 0 Å². The van der Waals surface area contributed by atoms with Gasteiger partial charge in [-0.3, -0.25) is 0 Å². The van der Waals surface area contributed by atoms with Crippen LogP contribution in [-0.4, -0.2) is 36.8 Å². The van der Waals surface area contributed by atoms with Crippen molar-refractivity contribution in [3.63, 3.8) is 0 Å². The molecule has 0 aromatic carbocycles. The fourth-order valence-electron chi connectivity index (χ4n) is 3.15. The SMILES string of the molecule is CC1CCC(CO)(CN(C)CCc2cccs2)CC1. The van der Waals surface area contributed by atoms with E-state index < -0.39 is 0 Å². The van der Waals surface area contributed by atoms with Crippen molar-refractivity contribution in [3.8, 4) is 0 Å². The summed E-state index contributed by atoms with van der Waals surface area (Å²) in [6.45, 7) is 4.82. The van der Waals surface area contributed by atoms with Crippen LogP contribution in [0, 0.1) is 11.3 Å². The average Bonchev–Trinajstić information content (AvgIpc) is 2.93. The summed E-state index contributed by atoms with van der Waals surface area (Å²) in [4.78, 5) is 3.87. The van der Waals surface area contributed by atoms with Gasteiger partial charge in [0.1, 0.15) is 0 Å². The Balaban J connectivity index is 1.80. The molecular formula is C16H27NOS. The van der Waals surface area contributed by atoms with Crippen LogP contribution in [0.2, 0.25) is 0 Å². The molecule has 0 unspecified atom stereocenters. The van der Waals surface area contributed by atoms with Crippen molar-refractivity contribution >= 4 is 11.3 Å². The van der Waals surface area contributed by atoms with E-state index in [1.807, 2.05) is 11.3 Å². The van der Waals surface area contributed by atoms with Crippen molar-refractivity contribution in [1.82, 2.24) is 4.90 Å². The molecular weight excluding hydrogens is 254 g/mol. The summed E-state index contributed by atoms with van der Waals surface area (Å²) in [7, 11) is 2.20. The van der Waals surface area contributed by atoms with E-state index in [1.54, 1.807) is 0 Å². The first-order valence-electron chi connectivity index (χ1n) is 7.45. The van der Waals surface area contributed by atoms with Gasteiger partial charge in [0, 0.05) is 30.0 Å². The van der Waals surface area contributed by atoms with Gasteiger partial charge in [-0.15, -0.1) is 11.3 Å². The van der Waals surface area contributed by atoms with Gasteiger partial charge in [0.2, 0.25) is 0 Å². The molecule has 1 saturated carbocycles. The second-order valence-electron chi connectivity index (χ2n) is 6.41. The monoisotopic (exact) mass is 281 g/mol. The quantitative estimate of drug-likeness (QED) is 0.864. The summed E-state index contributed by atoms with van der Waals surface area (Å²) in [6, 6.07) is 4.33. The normalized spacial score (nSPS) is 27.9. The summed E-state index contributed by atoms with van der Waals surface area (Å²) < 4.78 is 0. The first-order chi connectivity index (χ1) is 9.13. The average molecular weight is 281 g/mol. The first kappa shape index (κ1) is 15.0. The maximum Gasteiger partial charge on any atom is 0.0499 e. The third-order valence-corrected chi connectivity index (χ3v) is 5.53. The number of rotatable bonds is 6.